The van der Waals surface area contributed by atoms with Gasteiger partial charge in [-0.2, -0.15) is 0 Å². The third-order valence-electron chi connectivity index (χ3n) is 3.98. The summed E-state index contributed by atoms with van der Waals surface area (Å²) in [4.78, 5) is 4.99. The number of anilines is 1. The molecule has 1 fully saturated rings. The highest BCUT2D eigenvalue weighted by Crippen LogP contribution is 2.15. The van der Waals surface area contributed by atoms with Gasteiger partial charge in [0.05, 0.1) is 12.8 Å². The monoisotopic (exact) mass is 285 g/mol. The molecule has 1 aromatic heterocycles. The van der Waals surface area contributed by atoms with E-state index in [1.807, 2.05) is 12.1 Å². The van der Waals surface area contributed by atoms with Crippen LogP contribution in [-0.2, 0) is 6.54 Å². The molecule has 0 spiro atoms. The zero-order valence-corrected chi connectivity index (χ0v) is 12.4. The van der Waals surface area contributed by atoms with Gasteiger partial charge in [0, 0.05) is 45.0 Å². The molecule has 1 saturated heterocycles. The van der Waals surface area contributed by atoms with Crippen molar-refractivity contribution in [3.8, 4) is 0 Å². The smallest absolute Gasteiger partial charge is 0.117 e. The van der Waals surface area contributed by atoms with Gasteiger partial charge in [0.15, 0.2) is 0 Å². The fourth-order valence-electron chi connectivity index (χ4n) is 2.73. The summed E-state index contributed by atoms with van der Waals surface area (Å²) in [5.74, 6) is 1.00. The minimum atomic E-state index is 0.816. The van der Waals surface area contributed by atoms with Crippen molar-refractivity contribution in [2.45, 2.75) is 6.54 Å². The third kappa shape index (κ3) is 4.09. The van der Waals surface area contributed by atoms with E-state index in [9.17, 15) is 0 Å². The molecule has 0 aliphatic carbocycles. The third-order valence-corrected chi connectivity index (χ3v) is 3.98. The van der Waals surface area contributed by atoms with Crippen LogP contribution in [-0.4, -0.2) is 44.2 Å². The Kier molecular flexibility index (Phi) is 4.92. The van der Waals surface area contributed by atoms with E-state index in [0.717, 1.165) is 51.6 Å². The molecular weight excluding hydrogens is 262 g/mol. The average Bonchev–Trinajstić information content (AvgIpc) is 3.06. The first-order chi connectivity index (χ1) is 10.4. The Bertz CT molecular complexity index is 504. The number of nitrogens with one attached hydrogen (secondary N) is 1. The minimum Gasteiger partial charge on any atom is -0.468 e. The van der Waals surface area contributed by atoms with Crippen molar-refractivity contribution in [2.24, 2.45) is 0 Å². The van der Waals surface area contributed by atoms with E-state index in [0.29, 0.717) is 0 Å². The van der Waals surface area contributed by atoms with Crippen molar-refractivity contribution >= 4 is 5.69 Å². The van der Waals surface area contributed by atoms with Crippen LogP contribution in [0.5, 0.6) is 0 Å². The quantitative estimate of drug-likeness (QED) is 0.825. The summed E-state index contributed by atoms with van der Waals surface area (Å²) >= 11 is 0. The second-order valence-corrected chi connectivity index (χ2v) is 5.42. The Morgan fingerprint density at radius 3 is 2.48 bits per heavy atom. The molecule has 3 rings (SSSR count). The molecule has 1 aliphatic rings. The summed E-state index contributed by atoms with van der Waals surface area (Å²) in [7, 11) is 0. The maximum absolute atomic E-state index is 5.31. The fourth-order valence-corrected chi connectivity index (χ4v) is 2.73. The molecule has 0 bridgehead atoms. The van der Waals surface area contributed by atoms with Crippen molar-refractivity contribution in [3.05, 3.63) is 54.5 Å². The molecule has 21 heavy (non-hydrogen) atoms. The number of piperazine rings is 1. The van der Waals surface area contributed by atoms with Gasteiger partial charge in [-0.1, -0.05) is 18.2 Å². The first kappa shape index (κ1) is 14.2. The van der Waals surface area contributed by atoms with Gasteiger partial charge in [-0.05, 0) is 24.3 Å². The molecule has 0 unspecified atom stereocenters. The lowest BCUT2D eigenvalue weighted by atomic mass is 10.2. The summed E-state index contributed by atoms with van der Waals surface area (Å²) in [5, 5.41) is 3.43. The number of hydrogen-bond acceptors (Lipinski definition) is 4. The molecule has 1 N–H and O–H groups in total. The lowest BCUT2D eigenvalue weighted by Crippen LogP contribution is -2.48. The van der Waals surface area contributed by atoms with E-state index >= 15 is 0 Å². The molecule has 0 atom stereocenters. The molecule has 4 nitrogen and oxygen atoms in total. The largest absolute Gasteiger partial charge is 0.468 e. The summed E-state index contributed by atoms with van der Waals surface area (Å²) in [6, 6.07) is 14.6. The number of para-hydroxylation sites is 1. The highest BCUT2D eigenvalue weighted by molar-refractivity contribution is 5.46. The number of furan rings is 1. The van der Waals surface area contributed by atoms with Gasteiger partial charge in [0.2, 0.25) is 0 Å². The predicted octanol–water partition coefficient (Wildman–Crippen LogP) is 2.19. The van der Waals surface area contributed by atoms with Gasteiger partial charge >= 0.3 is 0 Å². The first-order valence-corrected chi connectivity index (χ1v) is 7.67. The molecule has 1 aromatic carbocycles. The molecule has 1 aliphatic heterocycles. The van der Waals surface area contributed by atoms with Gasteiger partial charge in [-0.15, -0.1) is 0 Å². The number of rotatable bonds is 6. The van der Waals surface area contributed by atoms with E-state index in [1.54, 1.807) is 6.26 Å². The molecule has 2 aromatic rings. The van der Waals surface area contributed by atoms with Crippen LogP contribution in [0, 0.1) is 0 Å². The molecular formula is C17H23N3O. The van der Waals surface area contributed by atoms with Crippen molar-refractivity contribution in [1.82, 2.24) is 10.2 Å². The lowest BCUT2D eigenvalue weighted by Gasteiger charge is -2.36. The Morgan fingerprint density at radius 2 is 1.76 bits per heavy atom. The standard InChI is InChI=1S/C17H23N3O/c1-2-5-16(6-3-1)20-12-10-19(11-13-20)9-8-18-15-17-7-4-14-21-17/h1-7,14,18H,8-13,15H2. The number of nitrogens with zero attached hydrogens (tertiary/aromatic N) is 2. The van der Waals surface area contributed by atoms with E-state index < -0.39 is 0 Å². The van der Waals surface area contributed by atoms with Crippen molar-refractivity contribution in [2.75, 3.05) is 44.2 Å². The Hall–Kier alpha value is -1.78. The zero-order chi connectivity index (χ0) is 14.3. The molecule has 0 saturated carbocycles. The van der Waals surface area contributed by atoms with E-state index in [2.05, 4.69) is 45.4 Å². The van der Waals surface area contributed by atoms with Crippen LogP contribution in [0.25, 0.3) is 0 Å². The van der Waals surface area contributed by atoms with Crippen LogP contribution in [0.15, 0.2) is 53.1 Å². The van der Waals surface area contributed by atoms with Crippen LogP contribution >= 0.6 is 0 Å². The van der Waals surface area contributed by atoms with Gasteiger partial charge in [0.25, 0.3) is 0 Å². The van der Waals surface area contributed by atoms with Gasteiger partial charge in [-0.3, -0.25) is 4.90 Å². The number of hydrogen-bond donors (Lipinski definition) is 1. The molecule has 112 valence electrons. The molecule has 4 heteroatoms. The Balaban J connectivity index is 1.34. The van der Waals surface area contributed by atoms with E-state index in [1.165, 1.54) is 5.69 Å². The minimum absolute atomic E-state index is 0.816. The Morgan fingerprint density at radius 1 is 0.952 bits per heavy atom. The maximum atomic E-state index is 5.31. The van der Waals surface area contributed by atoms with Crippen LogP contribution in [0.3, 0.4) is 0 Å². The summed E-state index contributed by atoms with van der Waals surface area (Å²) in [5.41, 5.74) is 1.34. The summed E-state index contributed by atoms with van der Waals surface area (Å²) in [6.07, 6.45) is 1.72. The van der Waals surface area contributed by atoms with Gasteiger partial charge < -0.3 is 14.6 Å². The van der Waals surface area contributed by atoms with Crippen LogP contribution in [0.2, 0.25) is 0 Å². The van der Waals surface area contributed by atoms with E-state index in [4.69, 9.17) is 4.42 Å². The number of benzene rings is 1. The molecule has 2 heterocycles. The van der Waals surface area contributed by atoms with Crippen LogP contribution in [0.1, 0.15) is 5.76 Å². The first-order valence-electron chi connectivity index (χ1n) is 7.67. The van der Waals surface area contributed by atoms with Crippen LogP contribution < -0.4 is 10.2 Å². The second kappa shape index (κ2) is 7.29. The van der Waals surface area contributed by atoms with Crippen molar-refractivity contribution < 1.29 is 4.42 Å². The molecule has 0 radical (unpaired) electrons. The SMILES string of the molecule is c1ccc(N2CCN(CCNCc3ccco3)CC2)cc1. The topological polar surface area (TPSA) is 31.6 Å². The average molecular weight is 285 g/mol. The Labute approximate surface area is 126 Å². The zero-order valence-electron chi connectivity index (χ0n) is 12.4. The van der Waals surface area contributed by atoms with E-state index in [-0.39, 0.29) is 0 Å². The highest BCUT2D eigenvalue weighted by atomic mass is 16.3. The van der Waals surface area contributed by atoms with Gasteiger partial charge in [-0.25, -0.2) is 0 Å². The van der Waals surface area contributed by atoms with Gasteiger partial charge in [0.1, 0.15) is 5.76 Å². The maximum Gasteiger partial charge on any atom is 0.117 e. The normalized spacial score (nSPS) is 16.3. The van der Waals surface area contributed by atoms with Crippen molar-refractivity contribution in [1.29, 1.82) is 0 Å². The fraction of sp³-hybridized carbons (Fsp3) is 0.412. The summed E-state index contributed by atoms with van der Waals surface area (Å²) in [6.45, 7) is 7.42. The lowest BCUT2D eigenvalue weighted by molar-refractivity contribution is 0.256. The van der Waals surface area contributed by atoms with Crippen LogP contribution in [0.4, 0.5) is 5.69 Å². The molecule has 0 amide bonds. The summed E-state index contributed by atoms with van der Waals surface area (Å²) < 4.78 is 5.31. The van der Waals surface area contributed by atoms with Crippen molar-refractivity contribution in [3.63, 3.8) is 0 Å². The highest BCUT2D eigenvalue weighted by Gasteiger charge is 2.16. The predicted molar refractivity (Wildman–Crippen MR) is 85.5 cm³/mol. The second-order valence-electron chi connectivity index (χ2n) is 5.42.